The smallest absolute Gasteiger partial charge is 0.340 e. The normalized spacial score (nSPS) is 11.7. The first-order valence-corrected chi connectivity index (χ1v) is 11.2. The van der Waals surface area contributed by atoms with E-state index in [1.54, 1.807) is 55.5 Å². The van der Waals surface area contributed by atoms with Gasteiger partial charge < -0.3 is 29.3 Å². The van der Waals surface area contributed by atoms with Crippen molar-refractivity contribution in [2.75, 3.05) is 24.0 Å². The van der Waals surface area contributed by atoms with Crippen LogP contribution in [0.2, 0.25) is 0 Å². The van der Waals surface area contributed by atoms with Crippen LogP contribution < -0.4 is 20.1 Å². The molecule has 4 aromatic rings. The lowest BCUT2D eigenvalue weighted by atomic mass is 10.1. The number of fused-ring (bicyclic) bond motifs is 1. The van der Waals surface area contributed by atoms with Crippen LogP contribution in [0.1, 0.15) is 28.7 Å². The highest BCUT2D eigenvalue weighted by Crippen LogP contribution is 2.33. The van der Waals surface area contributed by atoms with Gasteiger partial charge in [-0.15, -0.1) is 10.2 Å². The molecule has 3 aromatic carbocycles. The van der Waals surface area contributed by atoms with Gasteiger partial charge in [0.05, 0.1) is 24.3 Å². The summed E-state index contributed by atoms with van der Waals surface area (Å²) < 4.78 is 21.6. The predicted octanol–water partition coefficient (Wildman–Crippen LogP) is 4.88. The maximum absolute atomic E-state index is 12.6. The van der Waals surface area contributed by atoms with Crippen LogP contribution in [0, 0.1) is 0 Å². The van der Waals surface area contributed by atoms with Gasteiger partial charge in [0.1, 0.15) is 0 Å². The first-order chi connectivity index (χ1) is 17.6. The Morgan fingerprint density at radius 1 is 0.944 bits per heavy atom. The molecule has 2 heterocycles. The molecule has 0 atom stereocenters. The van der Waals surface area contributed by atoms with Crippen molar-refractivity contribution < 1.29 is 28.2 Å². The molecule has 10 heteroatoms. The van der Waals surface area contributed by atoms with Crippen molar-refractivity contribution in [1.82, 2.24) is 10.2 Å². The fourth-order valence-corrected chi connectivity index (χ4v) is 3.66. The maximum Gasteiger partial charge on any atom is 0.340 e. The number of ether oxygens (including phenoxy) is 3. The van der Waals surface area contributed by atoms with E-state index >= 15 is 0 Å². The van der Waals surface area contributed by atoms with Crippen molar-refractivity contribution in [3.63, 3.8) is 0 Å². The average molecular weight is 486 g/mol. The Kier molecular flexibility index (Phi) is 6.48. The minimum absolute atomic E-state index is 0.212. The number of aromatic nitrogens is 2. The zero-order valence-corrected chi connectivity index (χ0v) is 19.3. The molecular weight excluding hydrogens is 464 g/mol. The Bertz CT molecular complexity index is 1420. The number of urea groups is 1. The Morgan fingerprint density at radius 3 is 2.69 bits per heavy atom. The van der Waals surface area contributed by atoms with Crippen LogP contribution in [0.5, 0.6) is 11.5 Å². The van der Waals surface area contributed by atoms with Crippen LogP contribution in [-0.4, -0.2) is 35.6 Å². The summed E-state index contributed by atoms with van der Waals surface area (Å²) in [6.07, 6.45) is 0.434. The van der Waals surface area contributed by atoms with Gasteiger partial charge in [-0.1, -0.05) is 24.3 Å². The fourth-order valence-electron chi connectivity index (χ4n) is 3.66. The van der Waals surface area contributed by atoms with E-state index in [2.05, 4.69) is 20.8 Å². The van der Waals surface area contributed by atoms with Crippen LogP contribution >= 0.6 is 0 Å². The summed E-state index contributed by atoms with van der Waals surface area (Å²) in [6.45, 7) is 2.17. The second-order valence-electron chi connectivity index (χ2n) is 7.79. The number of carbonyl (C=O) groups is 2. The van der Waals surface area contributed by atoms with Crippen molar-refractivity contribution >= 4 is 23.4 Å². The van der Waals surface area contributed by atoms with E-state index in [1.807, 2.05) is 18.2 Å². The van der Waals surface area contributed by atoms with Gasteiger partial charge in [0.2, 0.25) is 18.6 Å². The van der Waals surface area contributed by atoms with Crippen LogP contribution in [0.15, 0.2) is 71.1 Å². The van der Waals surface area contributed by atoms with Gasteiger partial charge >= 0.3 is 12.0 Å². The largest absolute Gasteiger partial charge is 0.462 e. The predicted molar refractivity (Wildman–Crippen MR) is 130 cm³/mol. The summed E-state index contributed by atoms with van der Waals surface area (Å²) in [4.78, 5) is 24.8. The lowest BCUT2D eigenvalue weighted by Crippen LogP contribution is -2.21. The van der Waals surface area contributed by atoms with E-state index in [0.717, 1.165) is 5.56 Å². The van der Waals surface area contributed by atoms with Gasteiger partial charge in [-0.3, -0.25) is 0 Å². The lowest BCUT2D eigenvalue weighted by Gasteiger charge is -2.11. The van der Waals surface area contributed by atoms with Gasteiger partial charge in [0.25, 0.3) is 0 Å². The first kappa shape index (κ1) is 22.9. The number of hydrogen-bond acceptors (Lipinski definition) is 8. The number of rotatable bonds is 7. The molecule has 5 rings (SSSR count). The molecule has 36 heavy (non-hydrogen) atoms. The number of carbonyl (C=O) groups excluding carboxylic acids is 2. The lowest BCUT2D eigenvalue weighted by molar-refractivity contribution is 0.0527. The van der Waals surface area contributed by atoms with Crippen molar-refractivity contribution in [1.29, 1.82) is 0 Å². The average Bonchev–Trinajstić information content (AvgIpc) is 3.54. The highest BCUT2D eigenvalue weighted by atomic mass is 16.7. The van der Waals surface area contributed by atoms with Crippen LogP contribution in [0.4, 0.5) is 16.2 Å². The molecule has 2 N–H and O–H groups in total. The number of hydrogen-bond donors (Lipinski definition) is 2. The topological polar surface area (TPSA) is 125 Å². The molecule has 1 aliphatic rings. The zero-order valence-electron chi connectivity index (χ0n) is 19.3. The van der Waals surface area contributed by atoms with Crippen molar-refractivity contribution in [3.05, 3.63) is 83.7 Å². The minimum Gasteiger partial charge on any atom is -0.462 e. The van der Waals surface area contributed by atoms with Crippen LogP contribution in [-0.2, 0) is 11.2 Å². The van der Waals surface area contributed by atoms with Gasteiger partial charge in [-0.2, -0.15) is 0 Å². The maximum atomic E-state index is 12.6. The van der Waals surface area contributed by atoms with E-state index in [9.17, 15) is 9.59 Å². The van der Waals surface area contributed by atoms with E-state index < -0.39 is 12.0 Å². The molecular formula is C26H22N4O6. The third-order valence-electron chi connectivity index (χ3n) is 5.30. The number of amides is 2. The molecule has 0 spiro atoms. The molecule has 1 aliphatic heterocycles. The number of nitrogens with one attached hydrogen (secondary N) is 2. The molecule has 0 aliphatic carbocycles. The standard InChI is InChI=1S/C26H22N4O6/c1-2-33-25(31)19-8-3-4-9-20(19)28-26(32)27-18-7-5-6-17(14-18)24-30-29-23(36-24)13-16-10-11-21-22(12-16)35-15-34-21/h3-12,14H,2,13,15H2,1H3,(H2,27,28,32). The summed E-state index contributed by atoms with van der Waals surface area (Å²) in [7, 11) is 0. The number of esters is 1. The summed E-state index contributed by atoms with van der Waals surface area (Å²) in [5, 5.41) is 13.7. The summed E-state index contributed by atoms with van der Waals surface area (Å²) in [6, 6.07) is 18.8. The van der Waals surface area contributed by atoms with E-state index in [0.29, 0.717) is 46.6 Å². The Hall–Kier alpha value is -4.86. The fraction of sp³-hybridized carbons (Fsp3) is 0.154. The molecule has 10 nitrogen and oxygen atoms in total. The molecule has 182 valence electrons. The molecule has 0 unspecified atom stereocenters. The van der Waals surface area contributed by atoms with E-state index in [4.69, 9.17) is 18.6 Å². The van der Waals surface area contributed by atoms with Crippen LogP contribution in [0.3, 0.4) is 0 Å². The quantitative estimate of drug-likeness (QED) is 0.354. The van der Waals surface area contributed by atoms with Gasteiger partial charge in [0.15, 0.2) is 11.5 Å². The minimum atomic E-state index is -0.516. The van der Waals surface area contributed by atoms with Gasteiger partial charge in [0, 0.05) is 11.3 Å². The third-order valence-corrected chi connectivity index (χ3v) is 5.30. The molecule has 0 fully saturated rings. The molecule has 0 saturated heterocycles. The highest BCUT2D eigenvalue weighted by molar-refractivity contribution is 6.05. The number of benzene rings is 3. The molecule has 0 saturated carbocycles. The molecule has 1 aromatic heterocycles. The summed E-state index contributed by atoms with van der Waals surface area (Å²) in [5.74, 6) is 1.65. The Balaban J connectivity index is 1.25. The first-order valence-electron chi connectivity index (χ1n) is 11.2. The third kappa shape index (κ3) is 5.12. The zero-order chi connectivity index (χ0) is 24.9. The van der Waals surface area contributed by atoms with E-state index in [1.165, 1.54) is 0 Å². The van der Waals surface area contributed by atoms with E-state index in [-0.39, 0.29) is 19.0 Å². The molecule has 0 bridgehead atoms. The number of anilines is 2. The second kappa shape index (κ2) is 10.2. The monoisotopic (exact) mass is 486 g/mol. The Labute approximate surface area is 206 Å². The Morgan fingerprint density at radius 2 is 1.81 bits per heavy atom. The number of nitrogens with zero attached hydrogens (tertiary/aromatic N) is 2. The summed E-state index contributed by atoms with van der Waals surface area (Å²) in [5.41, 5.74) is 2.71. The SMILES string of the molecule is CCOC(=O)c1ccccc1NC(=O)Nc1cccc(-c2nnc(Cc3ccc4c(c3)OCO4)o2)c1. The van der Waals surface area contributed by atoms with Gasteiger partial charge in [-0.25, -0.2) is 9.59 Å². The highest BCUT2D eigenvalue weighted by Gasteiger charge is 2.17. The van der Waals surface area contributed by atoms with Crippen molar-refractivity contribution in [3.8, 4) is 23.0 Å². The van der Waals surface area contributed by atoms with Crippen molar-refractivity contribution in [2.45, 2.75) is 13.3 Å². The molecule has 2 amide bonds. The van der Waals surface area contributed by atoms with Crippen molar-refractivity contribution in [2.24, 2.45) is 0 Å². The number of para-hydroxylation sites is 1. The second-order valence-corrected chi connectivity index (χ2v) is 7.79. The van der Waals surface area contributed by atoms with Gasteiger partial charge in [-0.05, 0) is 55.0 Å². The van der Waals surface area contributed by atoms with Crippen LogP contribution in [0.25, 0.3) is 11.5 Å². The summed E-state index contributed by atoms with van der Waals surface area (Å²) >= 11 is 0. The molecule has 0 radical (unpaired) electrons.